The zero-order valence-corrected chi connectivity index (χ0v) is 7.70. The van der Waals surface area contributed by atoms with Crippen LogP contribution in [0, 0.1) is 11.3 Å². The predicted molar refractivity (Wildman–Crippen MR) is 48.4 cm³/mol. The molecule has 4 nitrogen and oxygen atoms in total. The monoisotopic (exact) mass is 184 g/mol. The summed E-state index contributed by atoms with van der Waals surface area (Å²) in [7, 11) is 0. The molecule has 0 atom stereocenters. The maximum absolute atomic E-state index is 10.7. The second-order valence-electron chi connectivity index (χ2n) is 4.46. The third kappa shape index (κ3) is 1.39. The summed E-state index contributed by atoms with van der Waals surface area (Å²) in [4.78, 5) is 12.2. The molecule has 0 aromatic heterocycles. The Morgan fingerprint density at radius 1 is 1.62 bits per heavy atom. The van der Waals surface area contributed by atoms with Crippen LogP contribution >= 0.6 is 0 Å². The molecular formula is C9H16N2O2. The molecule has 0 unspecified atom stereocenters. The molecule has 1 saturated carbocycles. The second-order valence-corrected chi connectivity index (χ2v) is 4.46. The number of nitrogens with two attached hydrogens (primary N) is 1. The van der Waals surface area contributed by atoms with Gasteiger partial charge in [-0.3, -0.25) is 0 Å². The molecule has 74 valence electrons. The molecule has 0 aromatic rings. The van der Waals surface area contributed by atoms with Gasteiger partial charge in [0.1, 0.15) is 0 Å². The van der Waals surface area contributed by atoms with Gasteiger partial charge in [0.2, 0.25) is 0 Å². The number of nitrogens with zero attached hydrogens (tertiary/aromatic N) is 1. The van der Waals surface area contributed by atoms with Gasteiger partial charge in [0.15, 0.2) is 0 Å². The highest BCUT2D eigenvalue weighted by Gasteiger charge is 2.48. The van der Waals surface area contributed by atoms with E-state index >= 15 is 0 Å². The standard InChI is InChI=1S/C9H16N2O2/c10-5-7-3-9(4-7)1-2-11(6-9)8(12)13/h7H,1-6,10H2,(H,12,13). The molecule has 0 aromatic carbocycles. The number of hydrogen-bond donors (Lipinski definition) is 2. The van der Waals surface area contributed by atoms with Crippen LogP contribution in [0.25, 0.3) is 0 Å². The van der Waals surface area contributed by atoms with Crippen molar-refractivity contribution in [3.05, 3.63) is 0 Å². The Labute approximate surface area is 77.7 Å². The van der Waals surface area contributed by atoms with Gasteiger partial charge < -0.3 is 15.7 Å². The summed E-state index contributed by atoms with van der Waals surface area (Å²) < 4.78 is 0. The van der Waals surface area contributed by atoms with Crippen molar-refractivity contribution in [2.24, 2.45) is 17.1 Å². The molecule has 2 rings (SSSR count). The summed E-state index contributed by atoms with van der Waals surface area (Å²) in [6.07, 6.45) is 2.53. The molecule has 3 N–H and O–H groups in total. The van der Waals surface area contributed by atoms with Gasteiger partial charge in [-0.2, -0.15) is 0 Å². The molecule has 1 saturated heterocycles. The Balaban J connectivity index is 1.89. The van der Waals surface area contributed by atoms with Crippen LogP contribution in [0.15, 0.2) is 0 Å². The molecule has 1 spiro atoms. The molecule has 1 aliphatic carbocycles. The minimum atomic E-state index is -0.770. The zero-order valence-electron chi connectivity index (χ0n) is 7.70. The molecule has 2 aliphatic rings. The summed E-state index contributed by atoms with van der Waals surface area (Å²) in [6, 6.07) is 0. The van der Waals surface area contributed by atoms with Crippen molar-refractivity contribution in [3.8, 4) is 0 Å². The summed E-state index contributed by atoms with van der Waals surface area (Å²) >= 11 is 0. The summed E-state index contributed by atoms with van der Waals surface area (Å²) in [5.41, 5.74) is 5.86. The summed E-state index contributed by atoms with van der Waals surface area (Å²) in [5, 5.41) is 8.79. The topological polar surface area (TPSA) is 66.6 Å². The third-order valence-electron chi connectivity index (χ3n) is 3.49. The first-order chi connectivity index (χ1) is 6.15. The fourth-order valence-corrected chi connectivity index (χ4v) is 2.76. The molecule has 1 amide bonds. The van der Waals surface area contributed by atoms with Crippen molar-refractivity contribution < 1.29 is 9.90 Å². The van der Waals surface area contributed by atoms with Gasteiger partial charge in [0.05, 0.1) is 0 Å². The molecule has 1 heterocycles. The molecule has 0 radical (unpaired) electrons. The molecule has 2 fully saturated rings. The molecule has 1 aliphatic heterocycles. The van der Waals surface area contributed by atoms with Crippen molar-refractivity contribution in [1.29, 1.82) is 0 Å². The highest BCUT2D eigenvalue weighted by Crippen LogP contribution is 2.51. The van der Waals surface area contributed by atoms with Crippen LogP contribution in [0.2, 0.25) is 0 Å². The van der Waals surface area contributed by atoms with E-state index in [1.165, 1.54) is 4.90 Å². The minimum Gasteiger partial charge on any atom is -0.465 e. The van der Waals surface area contributed by atoms with E-state index < -0.39 is 6.09 Å². The van der Waals surface area contributed by atoms with Gasteiger partial charge in [-0.05, 0) is 37.1 Å². The maximum Gasteiger partial charge on any atom is 0.407 e. The average molecular weight is 184 g/mol. The lowest BCUT2D eigenvalue weighted by atomic mass is 9.61. The van der Waals surface area contributed by atoms with E-state index in [1.54, 1.807) is 0 Å². The molecule has 4 heteroatoms. The van der Waals surface area contributed by atoms with Crippen molar-refractivity contribution in [1.82, 2.24) is 4.90 Å². The highest BCUT2D eigenvalue weighted by molar-refractivity contribution is 5.65. The van der Waals surface area contributed by atoms with E-state index in [-0.39, 0.29) is 0 Å². The number of likely N-dealkylation sites (tertiary alicyclic amines) is 1. The Hall–Kier alpha value is -0.770. The zero-order chi connectivity index (χ0) is 9.47. The maximum atomic E-state index is 10.7. The largest absolute Gasteiger partial charge is 0.465 e. The fraction of sp³-hybridized carbons (Fsp3) is 0.889. The van der Waals surface area contributed by atoms with Crippen LogP contribution in [0.1, 0.15) is 19.3 Å². The Kier molecular flexibility index (Phi) is 1.95. The van der Waals surface area contributed by atoms with Crippen LogP contribution in [0.4, 0.5) is 4.79 Å². The van der Waals surface area contributed by atoms with Crippen molar-refractivity contribution in [2.75, 3.05) is 19.6 Å². The Morgan fingerprint density at radius 2 is 2.31 bits per heavy atom. The smallest absolute Gasteiger partial charge is 0.407 e. The van der Waals surface area contributed by atoms with Gasteiger partial charge in [-0.15, -0.1) is 0 Å². The highest BCUT2D eigenvalue weighted by atomic mass is 16.4. The summed E-state index contributed by atoms with van der Waals surface area (Å²) in [5.74, 6) is 0.647. The van der Waals surface area contributed by atoms with E-state index in [1.807, 2.05) is 0 Å². The Morgan fingerprint density at radius 3 is 2.77 bits per heavy atom. The summed E-state index contributed by atoms with van der Waals surface area (Å²) in [6.45, 7) is 2.21. The van der Waals surface area contributed by atoms with E-state index in [4.69, 9.17) is 10.8 Å². The third-order valence-corrected chi connectivity index (χ3v) is 3.49. The van der Waals surface area contributed by atoms with Gasteiger partial charge in [0.25, 0.3) is 0 Å². The number of carbonyl (C=O) groups is 1. The quantitative estimate of drug-likeness (QED) is 0.631. The SMILES string of the molecule is NCC1CC2(CCN(C(=O)O)C2)C1. The van der Waals surface area contributed by atoms with E-state index in [2.05, 4.69) is 0 Å². The molecule has 0 bridgehead atoms. The van der Waals surface area contributed by atoms with E-state index in [0.29, 0.717) is 17.9 Å². The van der Waals surface area contributed by atoms with Crippen molar-refractivity contribution in [2.45, 2.75) is 19.3 Å². The number of rotatable bonds is 1. The second kappa shape index (κ2) is 2.87. The number of hydrogen-bond acceptors (Lipinski definition) is 2. The lowest BCUT2D eigenvalue weighted by molar-refractivity contribution is 0.0672. The molecule has 13 heavy (non-hydrogen) atoms. The van der Waals surface area contributed by atoms with Gasteiger partial charge >= 0.3 is 6.09 Å². The van der Waals surface area contributed by atoms with Crippen LogP contribution in [-0.4, -0.2) is 35.7 Å². The number of carboxylic acid groups (broad SMARTS) is 1. The van der Waals surface area contributed by atoms with Crippen LogP contribution in [-0.2, 0) is 0 Å². The Bertz CT molecular complexity index is 224. The first kappa shape index (κ1) is 8.81. The predicted octanol–water partition coefficient (Wildman–Crippen LogP) is 0.725. The van der Waals surface area contributed by atoms with Gasteiger partial charge in [-0.1, -0.05) is 0 Å². The fourth-order valence-electron chi connectivity index (χ4n) is 2.76. The average Bonchev–Trinajstić information content (AvgIpc) is 2.45. The van der Waals surface area contributed by atoms with Gasteiger partial charge in [0, 0.05) is 13.1 Å². The van der Waals surface area contributed by atoms with Crippen molar-refractivity contribution in [3.63, 3.8) is 0 Å². The molecular weight excluding hydrogens is 168 g/mol. The van der Waals surface area contributed by atoms with E-state index in [0.717, 1.165) is 32.4 Å². The lowest BCUT2D eigenvalue weighted by Gasteiger charge is -2.44. The van der Waals surface area contributed by atoms with Crippen LogP contribution in [0.5, 0.6) is 0 Å². The van der Waals surface area contributed by atoms with Crippen molar-refractivity contribution >= 4 is 6.09 Å². The lowest BCUT2D eigenvalue weighted by Crippen LogP contribution is -2.43. The van der Waals surface area contributed by atoms with Gasteiger partial charge in [-0.25, -0.2) is 4.79 Å². The first-order valence-corrected chi connectivity index (χ1v) is 4.83. The van der Waals surface area contributed by atoms with E-state index in [9.17, 15) is 4.79 Å². The van der Waals surface area contributed by atoms with Crippen LogP contribution in [0.3, 0.4) is 0 Å². The number of amides is 1. The minimum absolute atomic E-state index is 0.308. The normalized spacial score (nSPS) is 37.9. The van der Waals surface area contributed by atoms with Crippen LogP contribution < -0.4 is 5.73 Å². The first-order valence-electron chi connectivity index (χ1n) is 4.83.